The van der Waals surface area contributed by atoms with Crippen molar-refractivity contribution < 1.29 is 14.3 Å². The molecule has 5 heteroatoms. The van der Waals surface area contributed by atoms with Gasteiger partial charge in [0.2, 0.25) is 5.91 Å². The Morgan fingerprint density at radius 3 is 3.00 bits per heavy atom. The fourth-order valence-electron chi connectivity index (χ4n) is 2.13. The van der Waals surface area contributed by atoms with E-state index >= 15 is 0 Å². The van der Waals surface area contributed by atoms with Crippen molar-refractivity contribution in [3.05, 3.63) is 23.8 Å². The zero-order valence-corrected chi connectivity index (χ0v) is 11.9. The third-order valence-electron chi connectivity index (χ3n) is 3.32. The van der Waals surface area contributed by atoms with Gasteiger partial charge in [-0.25, -0.2) is 0 Å². The van der Waals surface area contributed by atoms with Gasteiger partial charge in [0.05, 0.1) is 5.69 Å². The van der Waals surface area contributed by atoms with E-state index in [1.165, 1.54) is 0 Å². The number of fused-ring (bicyclic) bond motifs is 1. The monoisotopic (exact) mass is 276 g/mol. The quantitative estimate of drug-likeness (QED) is 0.886. The van der Waals surface area contributed by atoms with Gasteiger partial charge in [0, 0.05) is 20.0 Å². The third-order valence-corrected chi connectivity index (χ3v) is 3.32. The Morgan fingerprint density at radius 1 is 1.45 bits per heavy atom. The molecule has 5 nitrogen and oxygen atoms in total. The zero-order valence-electron chi connectivity index (χ0n) is 11.9. The van der Waals surface area contributed by atoms with E-state index in [-0.39, 0.29) is 18.4 Å². The first kappa shape index (κ1) is 14.4. The lowest BCUT2D eigenvalue weighted by atomic mass is 10.1. The number of hydrogen-bond donors (Lipinski definition) is 1. The van der Waals surface area contributed by atoms with E-state index in [0.717, 1.165) is 29.8 Å². The SMILES string of the molecule is CCCC(=O)NCCc1ccc2c(c1)N(C)C(=O)CO2. The molecule has 0 aromatic heterocycles. The fourth-order valence-corrected chi connectivity index (χ4v) is 2.13. The summed E-state index contributed by atoms with van der Waals surface area (Å²) in [5, 5.41) is 2.88. The van der Waals surface area contributed by atoms with E-state index in [1.807, 2.05) is 25.1 Å². The molecule has 0 radical (unpaired) electrons. The molecule has 2 amide bonds. The number of nitrogens with one attached hydrogen (secondary N) is 1. The molecule has 0 bridgehead atoms. The Morgan fingerprint density at radius 2 is 2.25 bits per heavy atom. The second-order valence-corrected chi connectivity index (χ2v) is 4.89. The standard InChI is InChI=1S/C15H20N2O3/c1-3-4-14(18)16-8-7-11-5-6-13-12(9-11)17(2)15(19)10-20-13/h5-6,9H,3-4,7-8,10H2,1-2H3,(H,16,18). The predicted molar refractivity (Wildman–Crippen MR) is 77.0 cm³/mol. The van der Waals surface area contributed by atoms with Crippen LogP contribution in [0.2, 0.25) is 0 Å². The fraction of sp³-hybridized carbons (Fsp3) is 0.467. The minimum Gasteiger partial charge on any atom is -0.482 e. The Kier molecular flexibility index (Phi) is 4.61. The van der Waals surface area contributed by atoms with E-state index < -0.39 is 0 Å². The number of likely N-dealkylation sites (N-methyl/N-ethyl adjacent to an activating group) is 1. The molecule has 108 valence electrons. The lowest BCUT2D eigenvalue weighted by molar-refractivity contribution is -0.121. The maximum Gasteiger partial charge on any atom is 0.264 e. The van der Waals surface area contributed by atoms with Crippen LogP contribution in [0.25, 0.3) is 0 Å². The topological polar surface area (TPSA) is 58.6 Å². The molecule has 0 atom stereocenters. The van der Waals surface area contributed by atoms with Crippen LogP contribution in [-0.2, 0) is 16.0 Å². The molecule has 0 aliphatic carbocycles. The highest BCUT2D eigenvalue weighted by Crippen LogP contribution is 2.31. The van der Waals surface area contributed by atoms with Crippen molar-refractivity contribution in [2.24, 2.45) is 0 Å². The number of carbonyl (C=O) groups excluding carboxylic acids is 2. The van der Waals surface area contributed by atoms with E-state index in [0.29, 0.717) is 13.0 Å². The van der Waals surface area contributed by atoms with Gasteiger partial charge in [-0.1, -0.05) is 13.0 Å². The van der Waals surface area contributed by atoms with Crippen molar-refractivity contribution in [3.8, 4) is 5.75 Å². The molecule has 0 unspecified atom stereocenters. The summed E-state index contributed by atoms with van der Waals surface area (Å²) < 4.78 is 5.37. The Labute approximate surface area is 118 Å². The van der Waals surface area contributed by atoms with E-state index in [9.17, 15) is 9.59 Å². The normalized spacial score (nSPS) is 13.7. The summed E-state index contributed by atoms with van der Waals surface area (Å²) in [5.41, 5.74) is 1.87. The van der Waals surface area contributed by atoms with Crippen LogP contribution in [0.5, 0.6) is 5.75 Å². The van der Waals surface area contributed by atoms with Gasteiger partial charge in [0.1, 0.15) is 5.75 Å². The average molecular weight is 276 g/mol. The van der Waals surface area contributed by atoms with Gasteiger partial charge in [0.15, 0.2) is 6.61 Å². The summed E-state index contributed by atoms with van der Waals surface area (Å²) in [5.74, 6) is 0.762. The summed E-state index contributed by atoms with van der Waals surface area (Å²) in [6.07, 6.45) is 2.16. The molecule has 2 rings (SSSR count). The summed E-state index contributed by atoms with van der Waals surface area (Å²) >= 11 is 0. The van der Waals surface area contributed by atoms with Crippen molar-refractivity contribution >= 4 is 17.5 Å². The largest absolute Gasteiger partial charge is 0.482 e. The summed E-state index contributed by atoms with van der Waals surface area (Å²) in [6.45, 7) is 2.68. The number of rotatable bonds is 5. The van der Waals surface area contributed by atoms with Crippen molar-refractivity contribution in [3.63, 3.8) is 0 Å². The van der Waals surface area contributed by atoms with Crippen molar-refractivity contribution in [1.29, 1.82) is 0 Å². The molecule has 1 aromatic carbocycles. The first-order chi connectivity index (χ1) is 9.61. The van der Waals surface area contributed by atoms with Gasteiger partial charge >= 0.3 is 0 Å². The van der Waals surface area contributed by atoms with Crippen LogP contribution in [-0.4, -0.2) is 32.0 Å². The summed E-state index contributed by atoms with van der Waals surface area (Å²) in [7, 11) is 1.75. The van der Waals surface area contributed by atoms with Crippen molar-refractivity contribution in [1.82, 2.24) is 5.32 Å². The lowest BCUT2D eigenvalue weighted by Gasteiger charge is -2.26. The molecular formula is C15H20N2O3. The summed E-state index contributed by atoms with van der Waals surface area (Å²) in [6, 6.07) is 5.79. The Hall–Kier alpha value is -2.04. The Balaban J connectivity index is 1.97. The van der Waals surface area contributed by atoms with Crippen LogP contribution >= 0.6 is 0 Å². The maximum absolute atomic E-state index is 11.6. The van der Waals surface area contributed by atoms with Crippen LogP contribution in [0, 0.1) is 0 Å². The number of hydrogen-bond acceptors (Lipinski definition) is 3. The van der Waals surface area contributed by atoms with Gasteiger partial charge < -0.3 is 15.0 Å². The molecule has 1 aromatic rings. The molecule has 1 aliphatic heterocycles. The molecule has 20 heavy (non-hydrogen) atoms. The molecule has 1 heterocycles. The van der Waals surface area contributed by atoms with Crippen molar-refractivity contribution in [2.75, 3.05) is 25.1 Å². The highest BCUT2D eigenvalue weighted by molar-refractivity contribution is 5.97. The van der Waals surface area contributed by atoms with E-state index in [4.69, 9.17) is 4.74 Å². The summed E-state index contributed by atoms with van der Waals surface area (Å²) in [4.78, 5) is 24.6. The van der Waals surface area contributed by atoms with E-state index in [1.54, 1.807) is 11.9 Å². The second-order valence-electron chi connectivity index (χ2n) is 4.89. The number of benzene rings is 1. The minimum absolute atomic E-state index is 0.0501. The van der Waals surface area contributed by atoms with Gasteiger partial charge in [-0.15, -0.1) is 0 Å². The molecule has 0 saturated heterocycles. The van der Waals surface area contributed by atoms with E-state index in [2.05, 4.69) is 5.32 Å². The van der Waals surface area contributed by atoms with Gasteiger partial charge in [-0.3, -0.25) is 9.59 Å². The molecule has 0 fully saturated rings. The molecule has 0 saturated carbocycles. The Bertz CT molecular complexity index is 514. The van der Waals surface area contributed by atoms with Crippen molar-refractivity contribution in [2.45, 2.75) is 26.2 Å². The molecular weight excluding hydrogens is 256 g/mol. The number of nitrogens with zero attached hydrogens (tertiary/aromatic N) is 1. The first-order valence-corrected chi connectivity index (χ1v) is 6.90. The van der Waals surface area contributed by atoms with Crippen LogP contribution in [0.15, 0.2) is 18.2 Å². The molecule has 0 spiro atoms. The van der Waals surface area contributed by atoms with Crippen LogP contribution < -0.4 is 15.0 Å². The smallest absolute Gasteiger partial charge is 0.264 e. The average Bonchev–Trinajstić information content (AvgIpc) is 2.44. The first-order valence-electron chi connectivity index (χ1n) is 6.90. The highest BCUT2D eigenvalue weighted by Gasteiger charge is 2.22. The number of anilines is 1. The lowest BCUT2D eigenvalue weighted by Crippen LogP contribution is -2.35. The van der Waals surface area contributed by atoms with Crippen LogP contribution in [0.4, 0.5) is 5.69 Å². The van der Waals surface area contributed by atoms with Gasteiger partial charge in [-0.2, -0.15) is 0 Å². The highest BCUT2D eigenvalue weighted by atomic mass is 16.5. The second kappa shape index (κ2) is 6.41. The number of carbonyl (C=O) groups is 2. The van der Waals surface area contributed by atoms with Crippen LogP contribution in [0.1, 0.15) is 25.3 Å². The third kappa shape index (κ3) is 3.29. The predicted octanol–water partition coefficient (Wildman–Crippen LogP) is 1.50. The minimum atomic E-state index is -0.0501. The maximum atomic E-state index is 11.6. The number of ether oxygens (including phenoxy) is 1. The number of amides is 2. The van der Waals surface area contributed by atoms with Gasteiger partial charge in [-0.05, 0) is 30.5 Å². The van der Waals surface area contributed by atoms with Gasteiger partial charge in [0.25, 0.3) is 5.91 Å². The molecule has 1 aliphatic rings. The van der Waals surface area contributed by atoms with Crippen LogP contribution in [0.3, 0.4) is 0 Å². The molecule has 1 N–H and O–H groups in total. The zero-order chi connectivity index (χ0) is 14.5.